The van der Waals surface area contributed by atoms with E-state index in [0.717, 1.165) is 0 Å². The van der Waals surface area contributed by atoms with Crippen molar-refractivity contribution in [3.05, 3.63) is 168 Å². The van der Waals surface area contributed by atoms with Crippen LogP contribution in [-0.2, 0) is 34.2 Å². The molecule has 2 radical (unpaired) electrons. The van der Waals surface area contributed by atoms with Crippen molar-refractivity contribution >= 4 is 64.0 Å². The molecule has 0 atom stereocenters. The Morgan fingerprint density at radius 3 is 1.28 bits per heavy atom. The molecule has 0 heterocycles. The van der Waals surface area contributed by atoms with Crippen LogP contribution < -0.4 is 0 Å². The quantitative estimate of drug-likeness (QED) is 0.107. The van der Waals surface area contributed by atoms with E-state index in [1.165, 1.54) is 72.3 Å². The minimum Gasteiger partial charge on any atom is -0.184 e. The molecule has 244 valence electrons. The average Bonchev–Trinajstić information content (AvgIpc) is 3.62. The van der Waals surface area contributed by atoms with E-state index in [2.05, 4.69) is 146 Å². The smallest absolute Gasteiger partial charge is 0.171 e. The molecule has 0 bridgehead atoms. The molecule has 0 fully saturated rings. The van der Waals surface area contributed by atoms with Crippen LogP contribution in [-0.4, -0.2) is 6.88 Å². The van der Waals surface area contributed by atoms with Crippen molar-refractivity contribution in [1.82, 2.24) is 0 Å². The maximum absolute atomic E-state index is 3.06. The molecule has 0 amide bonds. The van der Waals surface area contributed by atoms with E-state index in [1.54, 1.807) is 0 Å². The van der Waals surface area contributed by atoms with E-state index in [9.17, 15) is 0 Å². The van der Waals surface area contributed by atoms with Gasteiger partial charge in [-0.15, -0.1) is 105 Å². The summed E-state index contributed by atoms with van der Waals surface area (Å²) < 4.78 is 0. The third-order valence-corrected chi connectivity index (χ3v) is 7.41. The van der Waals surface area contributed by atoms with Crippen LogP contribution in [0.1, 0.15) is 58.2 Å². The zero-order chi connectivity index (χ0) is 32.9. The van der Waals surface area contributed by atoms with Gasteiger partial charge in [0.25, 0.3) is 0 Å². The summed E-state index contributed by atoms with van der Waals surface area (Å²) in [4.78, 5) is 0. The van der Waals surface area contributed by atoms with E-state index in [4.69, 9.17) is 0 Å². The molecule has 0 N–H and O–H groups in total. The van der Waals surface area contributed by atoms with Gasteiger partial charge >= 0.3 is 30.2 Å². The Kier molecular flexibility index (Phi) is 18.5. The van der Waals surface area contributed by atoms with Crippen LogP contribution in [0.5, 0.6) is 0 Å². The summed E-state index contributed by atoms with van der Waals surface area (Å²) in [5, 5.41) is 8.17. The molecule has 0 aliphatic carbocycles. The number of fused-ring (bicyclic) bond motifs is 4. The third-order valence-electron chi connectivity index (χ3n) is 7.41. The molecule has 47 heavy (non-hydrogen) atoms. The van der Waals surface area contributed by atoms with Gasteiger partial charge in [0.2, 0.25) is 0 Å². The molecular weight excluding hydrogens is 707 g/mol. The van der Waals surface area contributed by atoms with Crippen LogP contribution in [0.4, 0.5) is 0 Å². The first kappa shape index (κ1) is 42.3. The van der Waals surface area contributed by atoms with Crippen LogP contribution >= 0.6 is 24.8 Å². The number of hydrogen-bond donors (Lipinski definition) is 0. The normalized spacial score (nSPS) is 10.3. The number of aryl methyl sites for hydroxylation is 1. The largest absolute Gasteiger partial charge is 0.184 e. The van der Waals surface area contributed by atoms with E-state index < -0.39 is 0 Å². The van der Waals surface area contributed by atoms with Crippen molar-refractivity contribution < 1.29 is 23.3 Å². The monoisotopic (exact) mass is 750 g/mol. The molecule has 7 aromatic rings. The predicted molar refractivity (Wildman–Crippen MR) is 210 cm³/mol. The third kappa shape index (κ3) is 13.4. The van der Waals surface area contributed by atoms with Crippen LogP contribution in [0.2, 0.25) is 0 Å². The molecule has 0 spiro atoms. The van der Waals surface area contributed by atoms with Gasteiger partial charge in [-0.1, -0.05) is 89.9 Å². The minimum atomic E-state index is 0. The van der Waals surface area contributed by atoms with Gasteiger partial charge in [0.05, 0.1) is 0 Å². The number of benzene rings is 5. The Bertz CT molecular complexity index is 1670. The summed E-state index contributed by atoms with van der Waals surface area (Å²) in [6, 6.07) is 54.0. The molecular formula is C43H46Cl2SiZr-4. The van der Waals surface area contributed by atoms with Crippen LogP contribution in [0, 0.1) is 19.1 Å². The van der Waals surface area contributed by atoms with Gasteiger partial charge in [0, 0.05) is 0 Å². The minimum absolute atomic E-state index is 0. The maximum atomic E-state index is 3.06. The van der Waals surface area contributed by atoms with Crippen LogP contribution in [0.3, 0.4) is 0 Å². The maximum Gasteiger partial charge on any atom is -0.171 e. The van der Waals surface area contributed by atoms with Crippen molar-refractivity contribution in [3.8, 4) is 0 Å². The van der Waals surface area contributed by atoms with E-state index >= 15 is 0 Å². The van der Waals surface area contributed by atoms with Crippen LogP contribution in [0.25, 0.3) is 32.3 Å². The Morgan fingerprint density at radius 1 is 0.511 bits per heavy atom. The zero-order valence-electron chi connectivity index (χ0n) is 28.6. The number of halogens is 2. The second-order valence-electron chi connectivity index (χ2n) is 13.1. The summed E-state index contributed by atoms with van der Waals surface area (Å²) in [6.45, 7) is 18.8. The summed E-state index contributed by atoms with van der Waals surface area (Å²) in [5.74, 6) is 0. The topological polar surface area (TPSA) is 0 Å². The molecule has 0 aliphatic rings. The fourth-order valence-corrected chi connectivity index (χ4v) is 4.95. The van der Waals surface area contributed by atoms with Gasteiger partial charge in [-0.05, 0) is 10.8 Å². The molecule has 0 nitrogen and oxygen atoms in total. The van der Waals surface area contributed by atoms with Crippen molar-refractivity contribution in [2.24, 2.45) is 0 Å². The summed E-state index contributed by atoms with van der Waals surface area (Å²) >= 11 is 1.36. The Hall–Kier alpha value is -2.74. The van der Waals surface area contributed by atoms with E-state index in [1.807, 2.05) is 60.7 Å². The first-order valence-corrected chi connectivity index (χ1v) is 19.5. The average molecular weight is 753 g/mol. The van der Waals surface area contributed by atoms with Crippen LogP contribution in [0.15, 0.2) is 140 Å². The second-order valence-corrected chi connectivity index (χ2v) is 13.1. The zero-order valence-corrected chi connectivity index (χ0v) is 33.7. The van der Waals surface area contributed by atoms with Crippen molar-refractivity contribution in [2.45, 2.75) is 59.3 Å². The molecule has 7 aromatic carbocycles. The van der Waals surface area contributed by atoms with Gasteiger partial charge < -0.3 is 0 Å². The molecule has 7 rings (SSSR count). The molecule has 0 saturated heterocycles. The standard InChI is InChI=1S/C21H25.C10H9.2C6H5.2ClH.Si.Zr/c1-20(2,3)16-7-9-18-14(12-16)11-15-13-17(21(4,5)6)8-10-19(15)18;1-8-6-9-4-2-3-5-10(9)7-8;2*1-2-4-6-5-3-1;;;;/h7-13H,1-6H3;2-7H,1H3;2*1-5H;2*1H;;/q4*-1;;;;. The molecule has 0 unspecified atom stereocenters. The SMILES string of the molecule is CC(C)(C)c1ccc2c(c1)[cH-]c1cc(C(C)(C)C)ccc12.Cc1cc2ccccc2[cH-]1.Cl.Cl.[Si]=[Zr].[c-]1ccccc1.[c-]1ccccc1. The van der Waals surface area contributed by atoms with Crippen molar-refractivity contribution in [1.29, 1.82) is 0 Å². The number of rotatable bonds is 0. The fraction of sp³-hybridized carbons (Fsp3) is 0.209. The second kappa shape index (κ2) is 20.6. The van der Waals surface area contributed by atoms with Crippen molar-refractivity contribution in [2.75, 3.05) is 0 Å². The Morgan fingerprint density at radius 2 is 0.936 bits per heavy atom. The molecule has 4 heteroatoms. The first-order chi connectivity index (χ1) is 21.5. The van der Waals surface area contributed by atoms with Gasteiger partial charge in [-0.3, -0.25) is 0 Å². The summed E-state index contributed by atoms with van der Waals surface area (Å²) in [7, 11) is 0. The molecule has 0 aliphatic heterocycles. The predicted octanol–water partition coefficient (Wildman–Crippen LogP) is 12.6. The molecule has 0 saturated carbocycles. The summed E-state index contributed by atoms with van der Waals surface area (Å²) in [6.07, 6.45) is 0. The first-order valence-electron chi connectivity index (χ1n) is 15.4. The van der Waals surface area contributed by atoms with Gasteiger partial charge in [-0.25, -0.2) is 0 Å². The van der Waals surface area contributed by atoms with Gasteiger partial charge in [0.1, 0.15) is 0 Å². The van der Waals surface area contributed by atoms with E-state index in [-0.39, 0.29) is 35.6 Å². The fourth-order valence-electron chi connectivity index (χ4n) is 4.95. The number of hydrogen-bond acceptors (Lipinski definition) is 0. The van der Waals surface area contributed by atoms with Crippen molar-refractivity contribution in [3.63, 3.8) is 0 Å². The molecule has 0 aromatic heterocycles. The van der Waals surface area contributed by atoms with Gasteiger partial charge in [-0.2, -0.15) is 78.9 Å². The van der Waals surface area contributed by atoms with E-state index in [0.29, 0.717) is 0 Å². The summed E-state index contributed by atoms with van der Waals surface area (Å²) in [5.41, 5.74) is 4.56. The Labute approximate surface area is 312 Å². The van der Waals surface area contributed by atoms with Gasteiger partial charge in [0.15, 0.2) is 0 Å². The Balaban J connectivity index is 0.000000352.